The molecular weight excluding hydrogens is 521 g/mol. The molecular formula is C33H50S3Si. The fourth-order valence-corrected chi connectivity index (χ4v) is 24.8. The molecule has 0 aromatic heterocycles. The van der Waals surface area contributed by atoms with E-state index in [0.717, 1.165) is 62.3 Å². The summed E-state index contributed by atoms with van der Waals surface area (Å²) in [6, 6.07) is 0. The van der Waals surface area contributed by atoms with Crippen molar-refractivity contribution < 1.29 is 0 Å². The van der Waals surface area contributed by atoms with Crippen LogP contribution >= 0.6 is 35.3 Å². The molecule has 0 saturated heterocycles. The van der Waals surface area contributed by atoms with Gasteiger partial charge in [0.05, 0.1) is 8.07 Å². The lowest BCUT2D eigenvalue weighted by atomic mass is 9.75. The quantitative estimate of drug-likeness (QED) is 0.308. The fourth-order valence-electron chi connectivity index (χ4n) is 10.8. The van der Waals surface area contributed by atoms with Crippen LogP contribution in [-0.2, 0) is 0 Å². The molecule has 37 heavy (non-hydrogen) atoms. The van der Waals surface area contributed by atoms with Crippen molar-refractivity contribution in [2.75, 3.05) is 0 Å². The van der Waals surface area contributed by atoms with Crippen molar-refractivity contribution in [2.45, 2.75) is 131 Å². The Hall–Kier alpha value is 0.487. The van der Waals surface area contributed by atoms with Crippen LogP contribution in [0.3, 0.4) is 0 Å². The number of hydrogen-bond acceptors (Lipinski definition) is 3. The molecule has 4 fully saturated rings. The molecule has 7 aliphatic rings. The van der Waals surface area contributed by atoms with E-state index < -0.39 is 8.07 Å². The van der Waals surface area contributed by atoms with Crippen molar-refractivity contribution in [3.8, 4) is 0 Å². The molecule has 0 N–H and O–H groups in total. The third-order valence-corrected chi connectivity index (χ3v) is 22.4. The molecule has 0 aromatic rings. The number of fused-ring (bicyclic) bond motifs is 4. The highest BCUT2D eigenvalue weighted by Crippen LogP contribution is 2.70. The van der Waals surface area contributed by atoms with Crippen molar-refractivity contribution in [1.82, 2.24) is 0 Å². The van der Waals surface area contributed by atoms with Crippen LogP contribution in [0.15, 0.2) is 32.4 Å². The first-order valence-electron chi connectivity index (χ1n) is 16.0. The Morgan fingerprint density at radius 1 is 0.676 bits per heavy atom. The zero-order valence-corrected chi connectivity index (χ0v) is 27.5. The van der Waals surface area contributed by atoms with E-state index in [0.29, 0.717) is 0 Å². The Bertz CT molecular complexity index is 965. The van der Waals surface area contributed by atoms with E-state index in [2.05, 4.69) is 86.9 Å². The van der Waals surface area contributed by atoms with Crippen LogP contribution in [0.4, 0.5) is 0 Å². The largest absolute Gasteiger partial charge is 0.127 e. The first kappa shape index (κ1) is 26.4. The van der Waals surface area contributed by atoms with Crippen LogP contribution in [-0.4, -0.2) is 23.8 Å². The normalized spacial score (nSPS) is 44.7. The van der Waals surface area contributed by atoms with Gasteiger partial charge in [0.2, 0.25) is 0 Å². The molecule has 204 valence electrons. The summed E-state index contributed by atoms with van der Waals surface area (Å²) in [6.07, 6.45) is 21.9. The molecule has 4 saturated carbocycles. The number of hydrogen-bond donors (Lipinski definition) is 0. The van der Waals surface area contributed by atoms with Gasteiger partial charge in [0.1, 0.15) is 0 Å². The first-order valence-corrected chi connectivity index (χ1v) is 21.7. The van der Waals surface area contributed by atoms with Crippen LogP contribution in [0.5, 0.6) is 0 Å². The van der Waals surface area contributed by atoms with Crippen molar-refractivity contribution in [1.29, 1.82) is 0 Å². The highest BCUT2D eigenvalue weighted by molar-refractivity contribution is 8.05. The van der Waals surface area contributed by atoms with Crippen molar-refractivity contribution in [2.24, 2.45) is 35.5 Å². The third kappa shape index (κ3) is 4.30. The lowest BCUT2D eigenvalue weighted by Crippen LogP contribution is -2.48. The van der Waals surface area contributed by atoms with Gasteiger partial charge in [-0.2, -0.15) is 0 Å². The van der Waals surface area contributed by atoms with Crippen molar-refractivity contribution in [3.63, 3.8) is 0 Å². The molecule has 4 aliphatic carbocycles. The van der Waals surface area contributed by atoms with Gasteiger partial charge in [0, 0.05) is 15.7 Å². The van der Waals surface area contributed by atoms with Crippen LogP contribution < -0.4 is 0 Å². The van der Waals surface area contributed by atoms with Crippen molar-refractivity contribution >= 4 is 43.4 Å². The second-order valence-electron chi connectivity index (χ2n) is 14.6. The van der Waals surface area contributed by atoms with Crippen LogP contribution in [0.2, 0.25) is 24.2 Å². The Balaban J connectivity index is 1.22. The minimum Gasteiger partial charge on any atom is -0.127 e. The van der Waals surface area contributed by atoms with E-state index >= 15 is 0 Å². The molecule has 8 unspecified atom stereocenters. The van der Waals surface area contributed by atoms with E-state index in [1.807, 2.05) is 4.91 Å². The maximum Gasteiger partial charge on any atom is 0.0575 e. The van der Waals surface area contributed by atoms with Gasteiger partial charge in [-0.15, -0.1) is 35.3 Å². The topological polar surface area (TPSA) is 0 Å². The number of rotatable bonds is 4. The van der Waals surface area contributed by atoms with Gasteiger partial charge in [-0.3, -0.25) is 0 Å². The van der Waals surface area contributed by atoms with E-state index in [9.17, 15) is 0 Å². The van der Waals surface area contributed by atoms with Crippen LogP contribution in [0, 0.1) is 35.5 Å². The zero-order valence-electron chi connectivity index (χ0n) is 24.0. The van der Waals surface area contributed by atoms with Gasteiger partial charge in [0.25, 0.3) is 0 Å². The molecule has 9 atom stereocenters. The average Bonchev–Trinajstić information content (AvgIpc) is 3.65. The summed E-state index contributed by atoms with van der Waals surface area (Å²) in [5, 5.41) is 2.66. The van der Waals surface area contributed by atoms with Gasteiger partial charge < -0.3 is 0 Å². The smallest absolute Gasteiger partial charge is 0.0575 e. The maximum absolute atomic E-state index is 2.89. The summed E-state index contributed by atoms with van der Waals surface area (Å²) in [4.78, 5) is 5.24. The molecule has 0 spiro atoms. The molecule has 0 amide bonds. The summed E-state index contributed by atoms with van der Waals surface area (Å²) in [7, 11) is -1.53. The summed E-state index contributed by atoms with van der Waals surface area (Å²) in [5.41, 5.74) is 4.03. The third-order valence-electron chi connectivity index (χ3n) is 12.1. The number of allylic oxidation sites excluding steroid dienone is 6. The standard InChI is InChI=1S/C33H50S3Si/c1-19-16-26-27(22-12-8-6-9-13-22)28(23-14-10-7-11-15-23)36-31(26)32(19)37(4,5)33-29-24(17-20(2)34-29)25-18-21(3)35-30(25)33/h17-19,22-26,29-33H,6-16H2,1-5H3/t19?,24-,25?,26?,29?,30?,31?,32?,33?/m0/s1. The molecule has 0 bridgehead atoms. The monoisotopic (exact) mass is 570 g/mol. The van der Waals surface area contributed by atoms with Crippen LogP contribution in [0.25, 0.3) is 0 Å². The predicted molar refractivity (Wildman–Crippen MR) is 171 cm³/mol. The molecule has 7 rings (SSSR count). The lowest BCUT2D eigenvalue weighted by Gasteiger charge is -2.45. The average molecular weight is 571 g/mol. The highest BCUT2D eigenvalue weighted by atomic mass is 32.2. The minimum absolute atomic E-state index is 0.814. The Kier molecular flexibility index (Phi) is 7.20. The predicted octanol–water partition coefficient (Wildman–Crippen LogP) is 10.9. The molecule has 3 aliphatic heterocycles. The maximum atomic E-state index is 2.89. The molecule has 0 nitrogen and oxygen atoms in total. The second-order valence-corrected chi connectivity index (χ2v) is 23.7. The second kappa shape index (κ2) is 10.1. The molecule has 0 radical (unpaired) electrons. The van der Waals surface area contributed by atoms with Crippen LogP contribution in [0.1, 0.15) is 91.4 Å². The lowest BCUT2D eigenvalue weighted by molar-refractivity contribution is 0.359. The molecule has 0 aromatic carbocycles. The van der Waals surface area contributed by atoms with Gasteiger partial charge in [-0.1, -0.05) is 76.3 Å². The fraction of sp³-hybridized carbons (Fsp3) is 0.818. The minimum atomic E-state index is -1.53. The number of thioether (sulfide) groups is 3. The Morgan fingerprint density at radius 2 is 1.22 bits per heavy atom. The summed E-state index contributed by atoms with van der Waals surface area (Å²) in [6.45, 7) is 13.3. The van der Waals surface area contributed by atoms with Gasteiger partial charge in [-0.05, 0) is 107 Å². The first-order chi connectivity index (χ1) is 17.8. The summed E-state index contributed by atoms with van der Waals surface area (Å²) in [5.74, 6) is 5.35. The van der Waals surface area contributed by atoms with E-state index in [1.54, 1.807) is 9.81 Å². The Morgan fingerprint density at radius 3 is 1.78 bits per heavy atom. The van der Waals surface area contributed by atoms with Crippen molar-refractivity contribution in [3.05, 3.63) is 32.4 Å². The highest BCUT2D eigenvalue weighted by Gasteiger charge is 2.64. The van der Waals surface area contributed by atoms with E-state index in [-0.39, 0.29) is 0 Å². The van der Waals surface area contributed by atoms with Gasteiger partial charge in [0.15, 0.2) is 0 Å². The van der Waals surface area contributed by atoms with E-state index in [1.165, 1.54) is 70.6 Å². The van der Waals surface area contributed by atoms with Gasteiger partial charge >= 0.3 is 0 Å². The molecule has 4 heteroatoms. The summed E-state index contributed by atoms with van der Waals surface area (Å²) >= 11 is 7.11. The zero-order chi connectivity index (χ0) is 25.5. The van der Waals surface area contributed by atoms with E-state index in [4.69, 9.17) is 0 Å². The SMILES string of the molecule is CC1=CC2C(S1)C([Si](C)(C)C1C(C)CC3C(C4CCCCC4)=C(C4CCCCC4)SC31)C1SC(C)=C[C@@H]21. The Labute approximate surface area is 241 Å². The van der Waals surface area contributed by atoms with Gasteiger partial charge in [-0.25, -0.2) is 0 Å². The molecule has 3 heterocycles. The summed E-state index contributed by atoms with van der Waals surface area (Å²) < 4.78 is 0.